The molecule has 68 heavy (non-hydrogen) atoms. The summed E-state index contributed by atoms with van der Waals surface area (Å²) in [7, 11) is 0. The average molecular weight is 1000 g/mol. The Morgan fingerprint density at radius 2 is 1.09 bits per heavy atom. The average Bonchev–Trinajstić information content (AvgIpc) is 4.05. The van der Waals surface area contributed by atoms with Crippen LogP contribution >= 0.6 is 0 Å². The first-order valence-corrected chi connectivity index (χ1v) is 26.3. The van der Waals surface area contributed by atoms with Crippen molar-refractivity contribution in [2.75, 3.05) is 16.5 Å². The zero-order chi connectivity index (χ0) is 47.1. The van der Waals surface area contributed by atoms with Crippen LogP contribution in [0.2, 0.25) is 0 Å². The number of anilines is 4. The van der Waals surface area contributed by atoms with Gasteiger partial charge >= 0.3 is 197 Å². The SMILES string of the molecule is CC(C)(C)c1cc(Oc2ccc3c4ccccc4n(-c4cc(C(C)(C)C)c5[te]ccc5n4)c3c2)cc(N2CN(c3c(-c4ccccc4)cc(C(C)(C)C)cc3-c3ccccc3)c3ccccc32)c1. The Hall–Kier alpha value is -6.58. The number of hydrogen-bond donors (Lipinski definition) is 0. The quantitative estimate of drug-likeness (QED) is 0.149. The second kappa shape index (κ2) is 16.6. The van der Waals surface area contributed by atoms with Gasteiger partial charge in [0.2, 0.25) is 0 Å². The minimum absolute atomic E-state index is 0.000496. The van der Waals surface area contributed by atoms with Crippen molar-refractivity contribution in [3.05, 3.63) is 191 Å². The van der Waals surface area contributed by atoms with E-state index in [4.69, 9.17) is 9.72 Å². The summed E-state index contributed by atoms with van der Waals surface area (Å²) < 4.78 is 13.2. The van der Waals surface area contributed by atoms with Crippen LogP contribution in [0.25, 0.3) is 58.8 Å². The number of nitrogens with zero attached hydrogens (tertiary/aromatic N) is 4. The molecule has 338 valence electrons. The molecule has 1 aliphatic heterocycles. The van der Waals surface area contributed by atoms with Crippen LogP contribution < -0.4 is 14.5 Å². The molecule has 7 aromatic carbocycles. The molecule has 4 heterocycles. The van der Waals surface area contributed by atoms with Crippen molar-refractivity contribution in [1.29, 1.82) is 0 Å². The monoisotopic (exact) mass is 1000 g/mol. The van der Waals surface area contributed by atoms with Gasteiger partial charge in [-0.3, -0.25) is 0 Å². The maximum atomic E-state index is 7.08. The molecule has 0 radical (unpaired) electrons. The third kappa shape index (κ3) is 7.88. The van der Waals surface area contributed by atoms with Crippen LogP contribution in [0, 0.1) is 0 Å². The van der Waals surface area contributed by atoms with Crippen LogP contribution in [0.3, 0.4) is 0 Å². The van der Waals surface area contributed by atoms with E-state index in [9.17, 15) is 0 Å². The Morgan fingerprint density at radius 3 is 1.74 bits per heavy atom. The van der Waals surface area contributed by atoms with E-state index in [0.29, 0.717) is 6.67 Å². The molecule has 0 N–H and O–H groups in total. The third-order valence-electron chi connectivity index (χ3n) is 13.5. The predicted octanol–water partition coefficient (Wildman–Crippen LogP) is 16.7. The van der Waals surface area contributed by atoms with Gasteiger partial charge in [0.25, 0.3) is 0 Å². The smallest absolute Gasteiger partial charge is 0.321 e. The summed E-state index contributed by atoms with van der Waals surface area (Å²) in [6, 6.07) is 62.1. The number of rotatable bonds is 7. The van der Waals surface area contributed by atoms with E-state index in [0.717, 1.165) is 45.2 Å². The number of aromatic nitrogens is 2. The summed E-state index contributed by atoms with van der Waals surface area (Å²) in [6.45, 7) is 21.4. The number of para-hydroxylation sites is 3. The predicted molar refractivity (Wildman–Crippen MR) is 289 cm³/mol. The van der Waals surface area contributed by atoms with Gasteiger partial charge in [-0.15, -0.1) is 0 Å². The molecule has 0 aliphatic carbocycles. The number of pyridine rings is 1. The maximum absolute atomic E-state index is 7.08. The first-order chi connectivity index (χ1) is 32.6. The molecule has 0 spiro atoms. The van der Waals surface area contributed by atoms with Crippen molar-refractivity contribution >= 4 is 73.9 Å². The third-order valence-corrected chi connectivity index (χ3v) is 16.2. The number of ether oxygens (including phenoxy) is 1. The van der Waals surface area contributed by atoms with Crippen molar-refractivity contribution in [1.82, 2.24) is 9.55 Å². The molecule has 0 atom stereocenters. The van der Waals surface area contributed by atoms with Gasteiger partial charge in [0.15, 0.2) is 0 Å². The van der Waals surface area contributed by atoms with Crippen molar-refractivity contribution < 1.29 is 4.74 Å². The van der Waals surface area contributed by atoms with E-state index < -0.39 is 20.4 Å². The van der Waals surface area contributed by atoms with Gasteiger partial charge in [0, 0.05) is 11.1 Å². The fraction of sp³-hybridized carbons (Fsp3) is 0.210. The molecule has 10 aromatic rings. The second-order valence-electron chi connectivity index (χ2n) is 21.4. The molecule has 0 unspecified atom stereocenters. The van der Waals surface area contributed by atoms with Crippen molar-refractivity contribution in [3.63, 3.8) is 0 Å². The summed E-state index contributed by atoms with van der Waals surface area (Å²) in [6.07, 6.45) is 0. The molecule has 0 saturated heterocycles. The summed E-state index contributed by atoms with van der Waals surface area (Å²) in [4.78, 5) is 10.3. The molecule has 5 nitrogen and oxygen atoms in total. The van der Waals surface area contributed by atoms with E-state index in [1.54, 1.807) is 0 Å². The Labute approximate surface area is 410 Å². The summed E-state index contributed by atoms with van der Waals surface area (Å²) in [5.41, 5.74) is 16.5. The van der Waals surface area contributed by atoms with E-state index >= 15 is 0 Å². The Morgan fingerprint density at radius 1 is 0.500 bits per heavy atom. The van der Waals surface area contributed by atoms with Gasteiger partial charge in [-0.1, -0.05) is 114 Å². The topological polar surface area (TPSA) is 33.5 Å². The van der Waals surface area contributed by atoms with Crippen LogP contribution in [0.1, 0.15) is 79.0 Å². The summed E-state index contributed by atoms with van der Waals surface area (Å²) in [5.74, 6) is 2.53. The number of fused-ring (bicyclic) bond motifs is 5. The molecule has 1 aliphatic rings. The van der Waals surface area contributed by atoms with Gasteiger partial charge in [-0.25, -0.2) is 0 Å². The molecule has 6 heteroatoms. The first kappa shape index (κ1) is 44.0. The van der Waals surface area contributed by atoms with Crippen molar-refractivity contribution in [2.45, 2.75) is 78.6 Å². The van der Waals surface area contributed by atoms with E-state index in [1.807, 2.05) is 0 Å². The van der Waals surface area contributed by atoms with Gasteiger partial charge in [0.1, 0.15) is 6.67 Å². The fourth-order valence-electron chi connectivity index (χ4n) is 9.90. The number of benzene rings is 7. The minimum Gasteiger partial charge on any atom is -0.321 e. The van der Waals surface area contributed by atoms with Gasteiger partial charge < -0.3 is 9.80 Å². The molecular weight excluding hydrogens is 944 g/mol. The standard InChI is InChI=1S/C62H58N4OTe/c1-60(2,3)42-32-44(36-46(33-42)67-45-28-29-48-47-24-16-17-25-53(47)66(56(48)37-45)57-38-51(62(7,8)9)59-52(63-57)30-31-68-59)64-39-65(55-27-19-18-26-54(55)64)58-49(40-20-12-10-13-21-40)34-43(61(4,5)6)35-50(58)41-22-14-11-15-23-41/h10-38H,39H2,1-9H3. The van der Waals surface area contributed by atoms with Gasteiger partial charge in [-0.2, -0.15) is 0 Å². The molecular formula is C62H58N4OTe. The molecule has 3 aromatic heterocycles. The minimum atomic E-state index is -0.399. The fourth-order valence-corrected chi connectivity index (χ4v) is 12.9. The van der Waals surface area contributed by atoms with Crippen LogP contribution in [-0.2, 0) is 16.2 Å². The van der Waals surface area contributed by atoms with Gasteiger partial charge in [0.05, 0.1) is 17.1 Å². The second-order valence-corrected chi connectivity index (χ2v) is 24.0. The molecule has 0 amide bonds. The number of hydrogen-bond acceptors (Lipinski definition) is 4. The summed E-state index contributed by atoms with van der Waals surface area (Å²) >= 11 is -0.399. The van der Waals surface area contributed by atoms with E-state index in [1.165, 1.54) is 64.5 Å². The van der Waals surface area contributed by atoms with Crippen LogP contribution in [0.5, 0.6) is 11.5 Å². The zero-order valence-electron chi connectivity index (χ0n) is 40.6. The molecule has 11 rings (SSSR count). The molecule has 0 saturated carbocycles. The van der Waals surface area contributed by atoms with Crippen molar-refractivity contribution in [2.24, 2.45) is 0 Å². The van der Waals surface area contributed by atoms with E-state index in [-0.39, 0.29) is 16.2 Å². The Kier molecular flexibility index (Phi) is 10.7. The zero-order valence-corrected chi connectivity index (χ0v) is 42.9. The Balaban J connectivity index is 1.05. The Bertz CT molecular complexity index is 3470. The van der Waals surface area contributed by atoms with Crippen LogP contribution in [0.15, 0.2) is 174 Å². The van der Waals surface area contributed by atoms with Crippen molar-refractivity contribution in [3.8, 4) is 39.6 Å². The molecule has 0 fully saturated rings. The van der Waals surface area contributed by atoms with E-state index in [2.05, 4.69) is 251 Å². The normalized spacial score (nSPS) is 13.2. The van der Waals surface area contributed by atoms with Gasteiger partial charge in [-0.05, 0) is 57.9 Å². The molecule has 0 bridgehead atoms. The summed E-state index contributed by atoms with van der Waals surface area (Å²) in [5, 5.41) is 2.38. The van der Waals surface area contributed by atoms with Crippen LogP contribution in [0.4, 0.5) is 22.7 Å². The van der Waals surface area contributed by atoms with Crippen LogP contribution in [-0.4, -0.2) is 36.7 Å². The first-order valence-electron chi connectivity index (χ1n) is 23.8.